The zero-order valence-electron chi connectivity index (χ0n) is 21.1. The number of phenols is 1. The lowest BCUT2D eigenvalue weighted by molar-refractivity contribution is 0.0342. The van der Waals surface area contributed by atoms with Crippen LogP contribution in [-0.2, 0) is 11.3 Å². The Morgan fingerprint density at radius 3 is 2.58 bits per heavy atom. The van der Waals surface area contributed by atoms with Gasteiger partial charge in [0.1, 0.15) is 5.75 Å². The van der Waals surface area contributed by atoms with E-state index in [0.717, 1.165) is 48.9 Å². The molecule has 3 heterocycles. The molecule has 1 aliphatic rings. The third-order valence-electron chi connectivity index (χ3n) is 6.80. The summed E-state index contributed by atoms with van der Waals surface area (Å²) in [5, 5.41) is 13.6. The van der Waals surface area contributed by atoms with Crippen LogP contribution in [0.2, 0.25) is 0 Å². The van der Waals surface area contributed by atoms with Crippen molar-refractivity contribution in [3.8, 4) is 16.2 Å². The summed E-state index contributed by atoms with van der Waals surface area (Å²) in [4.78, 5) is 21.5. The number of phenolic OH excluding ortho intramolecular Hbond substituents is 1. The standard InChI is InChI=1S/C30H32N4O3S/c31-25(23-4-3-13-32-19-23)18-26(24-5-1-2-6-27(24)35)33-30(36)29-12-11-28(38-29)22-9-7-21(8-10-22)20-34-14-16-37-17-15-34/h1-13,19,25-26,35H,14-18,20,31H2,(H,33,36). The first-order chi connectivity index (χ1) is 18.6. The van der Waals surface area contributed by atoms with Crippen LogP contribution in [0.4, 0.5) is 0 Å². The molecule has 1 saturated heterocycles. The van der Waals surface area contributed by atoms with Crippen LogP contribution in [0.1, 0.15) is 44.9 Å². The minimum atomic E-state index is -0.469. The number of para-hydroxylation sites is 1. The number of nitrogens with zero attached hydrogens (tertiary/aromatic N) is 2. The lowest BCUT2D eigenvalue weighted by Gasteiger charge is -2.26. The number of carbonyl (C=O) groups excluding carboxylic acids is 1. The van der Waals surface area contributed by atoms with Crippen LogP contribution in [0.15, 0.2) is 85.2 Å². The number of carbonyl (C=O) groups is 1. The van der Waals surface area contributed by atoms with Gasteiger partial charge in [-0.05, 0) is 47.4 Å². The molecule has 0 aliphatic carbocycles. The topological polar surface area (TPSA) is 101 Å². The highest BCUT2D eigenvalue weighted by Crippen LogP contribution is 2.32. The fourth-order valence-electron chi connectivity index (χ4n) is 4.67. The molecule has 1 amide bonds. The Kier molecular flexibility index (Phi) is 8.45. The number of hydrogen-bond acceptors (Lipinski definition) is 7. The van der Waals surface area contributed by atoms with E-state index in [1.165, 1.54) is 16.9 Å². The molecule has 2 unspecified atom stereocenters. The number of aromatic nitrogens is 1. The summed E-state index contributed by atoms with van der Waals surface area (Å²) in [6, 6.07) is 22.3. The second-order valence-corrected chi connectivity index (χ2v) is 10.5. The summed E-state index contributed by atoms with van der Waals surface area (Å²) < 4.78 is 5.44. The molecule has 2 aromatic carbocycles. The summed E-state index contributed by atoms with van der Waals surface area (Å²) in [5.74, 6) is -0.0722. The smallest absolute Gasteiger partial charge is 0.261 e. The first-order valence-corrected chi connectivity index (χ1v) is 13.6. The third kappa shape index (κ3) is 6.46. The lowest BCUT2D eigenvalue weighted by atomic mass is 9.95. The van der Waals surface area contributed by atoms with E-state index in [1.807, 2.05) is 36.4 Å². The van der Waals surface area contributed by atoms with Crippen LogP contribution < -0.4 is 11.1 Å². The minimum Gasteiger partial charge on any atom is -0.508 e. The fourth-order valence-corrected chi connectivity index (χ4v) is 5.58. The van der Waals surface area contributed by atoms with Crippen molar-refractivity contribution in [3.05, 3.63) is 107 Å². The Hall–Kier alpha value is -3.56. The molecule has 38 heavy (non-hydrogen) atoms. The normalized spacial score (nSPS) is 15.6. The molecule has 5 rings (SSSR count). The molecule has 4 aromatic rings. The Morgan fingerprint density at radius 1 is 1.05 bits per heavy atom. The lowest BCUT2D eigenvalue weighted by Crippen LogP contribution is -2.35. The van der Waals surface area contributed by atoms with E-state index < -0.39 is 6.04 Å². The monoisotopic (exact) mass is 528 g/mol. The van der Waals surface area contributed by atoms with E-state index in [-0.39, 0.29) is 17.7 Å². The second kappa shape index (κ2) is 12.3. The van der Waals surface area contributed by atoms with Gasteiger partial charge in [-0.1, -0.05) is 48.5 Å². The van der Waals surface area contributed by atoms with Gasteiger partial charge in [-0.25, -0.2) is 0 Å². The Morgan fingerprint density at radius 2 is 1.84 bits per heavy atom. The highest BCUT2D eigenvalue weighted by molar-refractivity contribution is 7.17. The van der Waals surface area contributed by atoms with Gasteiger partial charge in [0.05, 0.1) is 24.1 Å². The number of benzene rings is 2. The van der Waals surface area contributed by atoms with Gasteiger partial charge in [-0.3, -0.25) is 14.7 Å². The van der Waals surface area contributed by atoms with Crippen molar-refractivity contribution in [2.45, 2.75) is 25.0 Å². The molecule has 2 atom stereocenters. The van der Waals surface area contributed by atoms with Crippen molar-refractivity contribution in [2.75, 3.05) is 26.3 Å². The maximum Gasteiger partial charge on any atom is 0.261 e. The van der Waals surface area contributed by atoms with Gasteiger partial charge in [-0.15, -0.1) is 11.3 Å². The van der Waals surface area contributed by atoms with Crippen molar-refractivity contribution in [3.63, 3.8) is 0 Å². The van der Waals surface area contributed by atoms with Gasteiger partial charge >= 0.3 is 0 Å². The maximum absolute atomic E-state index is 13.3. The predicted molar refractivity (Wildman–Crippen MR) is 150 cm³/mol. The molecule has 7 nitrogen and oxygen atoms in total. The predicted octanol–water partition coefficient (Wildman–Crippen LogP) is 4.91. The number of aromatic hydroxyl groups is 1. The van der Waals surface area contributed by atoms with Crippen LogP contribution in [0.5, 0.6) is 5.75 Å². The molecular formula is C30H32N4O3S. The maximum atomic E-state index is 13.3. The zero-order chi connectivity index (χ0) is 26.3. The van der Waals surface area contributed by atoms with Gasteiger partial charge < -0.3 is 20.9 Å². The van der Waals surface area contributed by atoms with Gasteiger partial charge in [0, 0.05) is 48.5 Å². The van der Waals surface area contributed by atoms with Crippen molar-refractivity contribution in [1.29, 1.82) is 0 Å². The van der Waals surface area contributed by atoms with Crippen molar-refractivity contribution >= 4 is 17.2 Å². The van der Waals surface area contributed by atoms with E-state index >= 15 is 0 Å². The summed E-state index contributed by atoms with van der Waals surface area (Å²) >= 11 is 1.45. The number of hydrogen-bond donors (Lipinski definition) is 3. The molecule has 4 N–H and O–H groups in total. The number of amides is 1. The summed E-state index contributed by atoms with van der Waals surface area (Å²) in [6.45, 7) is 4.41. The molecule has 0 radical (unpaired) electrons. The quantitative estimate of drug-likeness (QED) is 0.285. The van der Waals surface area contributed by atoms with Gasteiger partial charge in [0.15, 0.2) is 0 Å². The Labute approximate surface area is 226 Å². The molecule has 1 aliphatic heterocycles. The van der Waals surface area contributed by atoms with E-state index in [1.54, 1.807) is 24.5 Å². The van der Waals surface area contributed by atoms with E-state index in [9.17, 15) is 9.90 Å². The summed E-state index contributed by atoms with van der Waals surface area (Å²) in [6.07, 6.45) is 3.84. The van der Waals surface area contributed by atoms with Crippen LogP contribution in [-0.4, -0.2) is 47.2 Å². The van der Waals surface area contributed by atoms with E-state index in [0.29, 0.717) is 16.9 Å². The first kappa shape index (κ1) is 26.1. The van der Waals surface area contributed by atoms with Crippen LogP contribution in [0.3, 0.4) is 0 Å². The molecule has 0 saturated carbocycles. The number of nitrogens with one attached hydrogen (secondary N) is 1. The molecule has 2 aromatic heterocycles. The highest BCUT2D eigenvalue weighted by Gasteiger charge is 2.23. The van der Waals surface area contributed by atoms with Crippen molar-refractivity contribution < 1.29 is 14.6 Å². The van der Waals surface area contributed by atoms with Gasteiger partial charge in [-0.2, -0.15) is 0 Å². The zero-order valence-corrected chi connectivity index (χ0v) is 21.9. The second-order valence-electron chi connectivity index (χ2n) is 9.46. The summed E-state index contributed by atoms with van der Waals surface area (Å²) in [7, 11) is 0. The molecule has 0 spiro atoms. The van der Waals surface area contributed by atoms with Crippen LogP contribution in [0, 0.1) is 0 Å². The molecular weight excluding hydrogens is 496 g/mol. The third-order valence-corrected chi connectivity index (χ3v) is 7.93. The molecule has 0 bridgehead atoms. The molecule has 196 valence electrons. The summed E-state index contributed by atoms with van der Waals surface area (Å²) in [5.41, 5.74) is 10.3. The van der Waals surface area contributed by atoms with Gasteiger partial charge in [0.25, 0.3) is 5.91 Å². The highest BCUT2D eigenvalue weighted by atomic mass is 32.1. The number of rotatable bonds is 9. The average molecular weight is 529 g/mol. The number of ether oxygens (including phenoxy) is 1. The largest absolute Gasteiger partial charge is 0.508 e. The van der Waals surface area contributed by atoms with Crippen molar-refractivity contribution in [1.82, 2.24) is 15.2 Å². The van der Waals surface area contributed by atoms with Gasteiger partial charge in [0.2, 0.25) is 0 Å². The fraction of sp³-hybridized carbons (Fsp3) is 0.267. The molecule has 1 fully saturated rings. The van der Waals surface area contributed by atoms with Crippen LogP contribution in [0.25, 0.3) is 10.4 Å². The Bertz CT molecular complexity index is 1340. The Balaban J connectivity index is 1.28. The number of thiophene rings is 1. The number of morpholine rings is 1. The minimum absolute atomic E-state index is 0.125. The van der Waals surface area contributed by atoms with E-state index in [2.05, 4.69) is 39.5 Å². The average Bonchev–Trinajstić information content (AvgIpc) is 3.45. The number of pyridine rings is 1. The number of nitrogens with two attached hydrogens (primary N) is 1. The molecule has 8 heteroatoms. The SMILES string of the molecule is NC(CC(NC(=O)c1ccc(-c2ccc(CN3CCOCC3)cc2)s1)c1ccccc1O)c1cccnc1. The van der Waals surface area contributed by atoms with Crippen LogP contribution >= 0.6 is 11.3 Å². The van der Waals surface area contributed by atoms with Crippen molar-refractivity contribution in [2.24, 2.45) is 5.73 Å². The first-order valence-electron chi connectivity index (χ1n) is 12.8. The van der Waals surface area contributed by atoms with E-state index in [4.69, 9.17) is 10.5 Å².